The van der Waals surface area contributed by atoms with Crippen LogP contribution in [-0.2, 0) is 0 Å². The normalized spacial score (nSPS) is 13.2. The molecule has 0 radical (unpaired) electrons. The minimum absolute atomic E-state index is 0.0460. The molecule has 1 atom stereocenters. The van der Waals surface area contributed by atoms with Gasteiger partial charge in [0.2, 0.25) is 0 Å². The number of nitrogens with zero attached hydrogens (tertiary/aromatic N) is 4. The van der Waals surface area contributed by atoms with E-state index < -0.39 is 11.9 Å². The standard InChI is InChI=1S/C15H13Cl2FN6O/c1-7(12-9(16)2-3-10(18)13(12)17)21-11-4-5-24-15(22-11)8(6-20-24)14(19)23-25/h2-7,25H,1H3,(H2,19,23)(H,21,22)/t7-/m1/s1. The monoisotopic (exact) mass is 382 g/mol. The van der Waals surface area contributed by atoms with E-state index in [9.17, 15) is 4.39 Å². The van der Waals surface area contributed by atoms with Crippen molar-refractivity contribution in [1.82, 2.24) is 14.6 Å². The number of oxime groups is 1. The molecular weight excluding hydrogens is 370 g/mol. The minimum Gasteiger partial charge on any atom is -0.409 e. The Balaban J connectivity index is 1.97. The molecule has 0 saturated carbocycles. The molecule has 0 fully saturated rings. The number of fused-ring (bicyclic) bond motifs is 1. The Morgan fingerprint density at radius 1 is 1.40 bits per heavy atom. The van der Waals surface area contributed by atoms with Crippen molar-refractivity contribution >= 4 is 40.5 Å². The molecule has 4 N–H and O–H groups in total. The number of amidine groups is 1. The number of benzene rings is 1. The third-order valence-corrected chi connectivity index (χ3v) is 4.34. The molecule has 0 aliphatic carbocycles. The molecule has 25 heavy (non-hydrogen) atoms. The van der Waals surface area contributed by atoms with Crippen molar-refractivity contribution in [3.8, 4) is 0 Å². The summed E-state index contributed by atoms with van der Waals surface area (Å²) in [6.45, 7) is 1.78. The van der Waals surface area contributed by atoms with E-state index >= 15 is 0 Å². The highest BCUT2D eigenvalue weighted by Crippen LogP contribution is 2.33. The third kappa shape index (κ3) is 3.18. The predicted molar refractivity (Wildman–Crippen MR) is 94.0 cm³/mol. The summed E-state index contributed by atoms with van der Waals surface area (Å²) in [4.78, 5) is 4.39. The average Bonchev–Trinajstić information content (AvgIpc) is 3.01. The summed E-state index contributed by atoms with van der Waals surface area (Å²) in [7, 11) is 0. The van der Waals surface area contributed by atoms with E-state index in [0.717, 1.165) is 0 Å². The zero-order valence-electron chi connectivity index (χ0n) is 12.9. The zero-order valence-corrected chi connectivity index (χ0v) is 14.4. The summed E-state index contributed by atoms with van der Waals surface area (Å²) in [5, 5.41) is 19.3. The van der Waals surface area contributed by atoms with E-state index in [1.165, 1.54) is 22.8 Å². The highest BCUT2D eigenvalue weighted by molar-refractivity contribution is 6.36. The SMILES string of the molecule is C[C@@H](Nc1ccn2ncc(/C(N)=N\O)c2n1)c1c(Cl)ccc(F)c1Cl. The van der Waals surface area contributed by atoms with Gasteiger partial charge in [-0.3, -0.25) is 0 Å². The lowest BCUT2D eigenvalue weighted by Crippen LogP contribution is -2.14. The van der Waals surface area contributed by atoms with Gasteiger partial charge in [-0.25, -0.2) is 13.9 Å². The van der Waals surface area contributed by atoms with Gasteiger partial charge in [-0.1, -0.05) is 28.4 Å². The molecule has 3 aromatic rings. The maximum Gasteiger partial charge on any atom is 0.175 e. The van der Waals surface area contributed by atoms with Crippen LogP contribution in [0.2, 0.25) is 10.0 Å². The van der Waals surface area contributed by atoms with Crippen molar-refractivity contribution < 1.29 is 9.60 Å². The number of aromatic nitrogens is 3. The van der Waals surface area contributed by atoms with Gasteiger partial charge in [-0.15, -0.1) is 0 Å². The van der Waals surface area contributed by atoms with Crippen LogP contribution in [0.1, 0.15) is 24.1 Å². The van der Waals surface area contributed by atoms with Crippen LogP contribution in [0, 0.1) is 5.82 Å². The molecule has 3 rings (SSSR count). The number of hydrogen-bond acceptors (Lipinski definition) is 5. The Morgan fingerprint density at radius 3 is 2.88 bits per heavy atom. The fourth-order valence-corrected chi connectivity index (χ4v) is 3.12. The minimum atomic E-state index is -0.553. The fraction of sp³-hybridized carbons (Fsp3) is 0.133. The van der Waals surface area contributed by atoms with E-state index in [2.05, 4.69) is 20.6 Å². The van der Waals surface area contributed by atoms with Gasteiger partial charge in [-0.2, -0.15) is 5.10 Å². The van der Waals surface area contributed by atoms with Crippen molar-refractivity contribution in [1.29, 1.82) is 0 Å². The van der Waals surface area contributed by atoms with Crippen LogP contribution in [0.5, 0.6) is 0 Å². The van der Waals surface area contributed by atoms with E-state index in [1.807, 2.05) is 0 Å². The molecule has 10 heteroatoms. The first-order chi connectivity index (χ1) is 11.9. The van der Waals surface area contributed by atoms with E-state index in [0.29, 0.717) is 27.6 Å². The molecule has 0 aliphatic heterocycles. The highest BCUT2D eigenvalue weighted by Gasteiger charge is 2.18. The third-order valence-electron chi connectivity index (χ3n) is 3.63. The van der Waals surface area contributed by atoms with Crippen LogP contribution < -0.4 is 11.1 Å². The molecule has 0 bridgehead atoms. The van der Waals surface area contributed by atoms with Gasteiger partial charge >= 0.3 is 0 Å². The molecule has 0 spiro atoms. The van der Waals surface area contributed by atoms with Crippen LogP contribution in [0.3, 0.4) is 0 Å². The zero-order chi connectivity index (χ0) is 18.1. The van der Waals surface area contributed by atoms with E-state index in [4.69, 9.17) is 34.1 Å². The van der Waals surface area contributed by atoms with Crippen LogP contribution >= 0.6 is 23.2 Å². The second kappa shape index (κ2) is 6.73. The maximum absolute atomic E-state index is 13.7. The smallest absolute Gasteiger partial charge is 0.175 e. The molecule has 130 valence electrons. The highest BCUT2D eigenvalue weighted by atomic mass is 35.5. The number of halogens is 3. The molecule has 1 aromatic carbocycles. The van der Waals surface area contributed by atoms with Gasteiger partial charge in [0.1, 0.15) is 11.6 Å². The molecule has 2 heterocycles. The Labute approximate surface area is 151 Å². The molecule has 0 aliphatic rings. The lowest BCUT2D eigenvalue weighted by molar-refractivity contribution is 0.318. The van der Waals surface area contributed by atoms with Crippen molar-refractivity contribution in [2.45, 2.75) is 13.0 Å². The number of hydrogen-bond donors (Lipinski definition) is 3. The molecular formula is C15H13Cl2FN6O. The fourth-order valence-electron chi connectivity index (χ4n) is 2.42. The lowest BCUT2D eigenvalue weighted by Gasteiger charge is -2.18. The largest absolute Gasteiger partial charge is 0.409 e. The molecule has 7 nitrogen and oxygen atoms in total. The molecule has 0 amide bonds. The Hall–Kier alpha value is -2.58. The Morgan fingerprint density at radius 2 is 2.16 bits per heavy atom. The lowest BCUT2D eigenvalue weighted by atomic mass is 10.1. The van der Waals surface area contributed by atoms with Crippen molar-refractivity contribution in [3.63, 3.8) is 0 Å². The Kier molecular flexibility index (Phi) is 4.65. The summed E-state index contributed by atoms with van der Waals surface area (Å²) >= 11 is 12.2. The van der Waals surface area contributed by atoms with E-state index in [1.54, 1.807) is 19.2 Å². The summed E-state index contributed by atoms with van der Waals surface area (Å²) in [6.07, 6.45) is 3.09. The van der Waals surface area contributed by atoms with Gasteiger partial charge in [0.15, 0.2) is 11.5 Å². The second-order valence-corrected chi connectivity index (χ2v) is 6.03. The number of nitrogens with two attached hydrogens (primary N) is 1. The van der Waals surface area contributed by atoms with Gasteiger partial charge in [0.25, 0.3) is 0 Å². The van der Waals surface area contributed by atoms with E-state index in [-0.39, 0.29) is 10.9 Å². The summed E-state index contributed by atoms with van der Waals surface area (Å²) < 4.78 is 15.2. The van der Waals surface area contributed by atoms with Crippen molar-refractivity contribution in [2.75, 3.05) is 5.32 Å². The summed E-state index contributed by atoms with van der Waals surface area (Å²) in [6, 6.07) is 3.91. The van der Waals surface area contributed by atoms with Crippen LogP contribution in [0.4, 0.5) is 10.2 Å². The van der Waals surface area contributed by atoms with Crippen LogP contribution in [-0.4, -0.2) is 25.6 Å². The number of anilines is 1. The van der Waals surface area contributed by atoms with Crippen LogP contribution in [0.15, 0.2) is 35.7 Å². The van der Waals surface area contributed by atoms with Gasteiger partial charge in [0.05, 0.1) is 22.8 Å². The van der Waals surface area contributed by atoms with Crippen molar-refractivity contribution in [2.24, 2.45) is 10.9 Å². The molecule has 0 unspecified atom stereocenters. The van der Waals surface area contributed by atoms with Gasteiger partial charge in [0, 0.05) is 16.8 Å². The van der Waals surface area contributed by atoms with Gasteiger partial charge in [-0.05, 0) is 25.1 Å². The first-order valence-corrected chi connectivity index (χ1v) is 7.90. The molecule has 2 aromatic heterocycles. The quantitative estimate of drug-likeness (QED) is 0.211. The first-order valence-electron chi connectivity index (χ1n) is 7.14. The molecule has 0 saturated heterocycles. The predicted octanol–water partition coefficient (Wildman–Crippen LogP) is 3.44. The van der Waals surface area contributed by atoms with Crippen LogP contribution in [0.25, 0.3) is 5.65 Å². The summed E-state index contributed by atoms with van der Waals surface area (Å²) in [5.74, 6) is -0.198. The maximum atomic E-state index is 13.7. The average molecular weight is 383 g/mol. The summed E-state index contributed by atoms with van der Waals surface area (Å²) in [5.41, 5.74) is 6.81. The topological polar surface area (TPSA) is 101 Å². The van der Waals surface area contributed by atoms with Gasteiger partial charge < -0.3 is 16.3 Å². The Bertz CT molecular complexity index is 974. The van der Waals surface area contributed by atoms with Crippen molar-refractivity contribution in [3.05, 3.63) is 57.6 Å². The first kappa shape index (κ1) is 17.2. The number of rotatable bonds is 4. The number of nitrogens with one attached hydrogen (secondary N) is 1. The second-order valence-electron chi connectivity index (χ2n) is 5.25.